The lowest BCUT2D eigenvalue weighted by Crippen LogP contribution is -1.93. The molecule has 0 aliphatic rings. The van der Waals surface area contributed by atoms with Crippen LogP contribution in [0.5, 0.6) is 17.4 Å². The monoisotopic (exact) mass is 236 g/mol. The molecule has 2 aromatic rings. The lowest BCUT2D eigenvalue weighted by Gasteiger charge is -2.08. The Bertz CT molecular complexity index is 500. The fraction of sp³-hybridized carbons (Fsp3) is 0. The van der Waals surface area contributed by atoms with Gasteiger partial charge in [0.15, 0.2) is 5.75 Å². The fourth-order valence-electron chi connectivity index (χ4n) is 1.16. The van der Waals surface area contributed by atoms with Crippen molar-refractivity contribution < 1.29 is 9.84 Å². The first-order valence-electron chi connectivity index (χ1n) is 4.53. The van der Waals surface area contributed by atoms with Gasteiger partial charge in [-0.2, -0.15) is 0 Å². The van der Waals surface area contributed by atoms with Crippen LogP contribution in [-0.4, -0.2) is 10.1 Å². The van der Waals surface area contributed by atoms with Gasteiger partial charge in [0, 0.05) is 12.3 Å². The first-order chi connectivity index (χ1) is 7.66. The topological polar surface area (TPSA) is 68.4 Å². The summed E-state index contributed by atoms with van der Waals surface area (Å²) in [4.78, 5) is 3.95. The molecule has 0 spiro atoms. The van der Waals surface area contributed by atoms with Crippen molar-refractivity contribution in [2.24, 2.45) is 0 Å². The molecule has 0 radical (unpaired) electrons. The third kappa shape index (κ3) is 2.17. The van der Waals surface area contributed by atoms with Crippen LogP contribution in [0.25, 0.3) is 0 Å². The minimum Gasteiger partial charge on any atom is -0.506 e. The van der Waals surface area contributed by atoms with Crippen LogP contribution in [0.1, 0.15) is 0 Å². The summed E-state index contributed by atoms with van der Waals surface area (Å²) in [6.07, 6.45) is 1.47. The molecular formula is C11H9ClN2O2. The second kappa shape index (κ2) is 4.28. The highest BCUT2D eigenvalue weighted by Crippen LogP contribution is 2.32. The number of phenols is 1. The summed E-state index contributed by atoms with van der Waals surface area (Å²) in [7, 11) is 0. The molecule has 0 aliphatic heterocycles. The lowest BCUT2D eigenvalue weighted by molar-refractivity contribution is 0.450. The number of para-hydroxylation sites is 1. The van der Waals surface area contributed by atoms with Crippen molar-refractivity contribution in [3.63, 3.8) is 0 Å². The van der Waals surface area contributed by atoms with Gasteiger partial charge in [-0.25, -0.2) is 4.98 Å². The number of halogens is 1. The Kier molecular flexibility index (Phi) is 2.83. The molecule has 82 valence electrons. The summed E-state index contributed by atoms with van der Waals surface area (Å²) in [6.45, 7) is 0. The number of anilines is 1. The van der Waals surface area contributed by atoms with Crippen molar-refractivity contribution in [3.05, 3.63) is 41.6 Å². The second-order valence-corrected chi connectivity index (χ2v) is 3.54. The van der Waals surface area contributed by atoms with Gasteiger partial charge in [-0.15, -0.1) is 0 Å². The molecule has 0 saturated heterocycles. The minimum atomic E-state index is -0.0218. The predicted molar refractivity (Wildman–Crippen MR) is 61.8 cm³/mol. The summed E-state index contributed by atoms with van der Waals surface area (Å²) in [5.74, 6) is 0.697. The molecular weight excluding hydrogens is 228 g/mol. The molecule has 0 fully saturated rings. The number of phenolic OH excluding ortho intramolecular Hbond substituents is 1. The van der Waals surface area contributed by atoms with E-state index < -0.39 is 0 Å². The van der Waals surface area contributed by atoms with Gasteiger partial charge in [-0.1, -0.05) is 17.7 Å². The molecule has 0 unspecified atom stereocenters. The molecule has 3 N–H and O–H groups in total. The second-order valence-electron chi connectivity index (χ2n) is 3.11. The highest BCUT2D eigenvalue weighted by Gasteiger charge is 2.06. The SMILES string of the molecule is Nc1c(O)cccc1Oc1ccc(Cl)cn1. The first kappa shape index (κ1) is 10.6. The van der Waals surface area contributed by atoms with Crippen LogP contribution in [-0.2, 0) is 0 Å². The number of nitrogens with zero attached hydrogens (tertiary/aromatic N) is 1. The van der Waals surface area contributed by atoms with Gasteiger partial charge < -0.3 is 15.6 Å². The zero-order valence-electron chi connectivity index (χ0n) is 8.22. The van der Waals surface area contributed by atoms with Crippen molar-refractivity contribution >= 4 is 17.3 Å². The van der Waals surface area contributed by atoms with E-state index in [0.717, 1.165) is 0 Å². The maximum absolute atomic E-state index is 9.38. The van der Waals surface area contributed by atoms with Gasteiger partial charge in [0.05, 0.1) is 5.02 Å². The summed E-state index contributed by atoms with van der Waals surface area (Å²) in [6, 6.07) is 8.04. The Morgan fingerprint density at radius 2 is 2.06 bits per heavy atom. The highest BCUT2D eigenvalue weighted by molar-refractivity contribution is 6.30. The lowest BCUT2D eigenvalue weighted by atomic mass is 10.3. The zero-order valence-corrected chi connectivity index (χ0v) is 8.98. The molecule has 5 heteroatoms. The van der Waals surface area contributed by atoms with Crippen LogP contribution in [0.15, 0.2) is 36.5 Å². The number of hydrogen-bond donors (Lipinski definition) is 2. The van der Waals surface area contributed by atoms with E-state index in [9.17, 15) is 5.11 Å². The van der Waals surface area contributed by atoms with Gasteiger partial charge in [-0.05, 0) is 18.2 Å². The Morgan fingerprint density at radius 3 is 2.75 bits per heavy atom. The van der Waals surface area contributed by atoms with E-state index in [-0.39, 0.29) is 11.4 Å². The van der Waals surface area contributed by atoms with Gasteiger partial charge in [-0.3, -0.25) is 0 Å². The Balaban J connectivity index is 2.27. The molecule has 0 aliphatic carbocycles. The molecule has 0 atom stereocenters. The molecule has 16 heavy (non-hydrogen) atoms. The highest BCUT2D eigenvalue weighted by atomic mass is 35.5. The van der Waals surface area contributed by atoms with E-state index in [0.29, 0.717) is 16.7 Å². The third-order valence-corrected chi connectivity index (χ3v) is 2.18. The number of ether oxygens (including phenoxy) is 1. The van der Waals surface area contributed by atoms with Crippen molar-refractivity contribution in [1.29, 1.82) is 0 Å². The van der Waals surface area contributed by atoms with Crippen molar-refractivity contribution in [1.82, 2.24) is 4.98 Å². The number of hydrogen-bond acceptors (Lipinski definition) is 4. The van der Waals surface area contributed by atoms with E-state index in [4.69, 9.17) is 22.1 Å². The smallest absolute Gasteiger partial charge is 0.219 e. The number of nitrogen functional groups attached to an aromatic ring is 1. The molecule has 0 amide bonds. The number of pyridine rings is 1. The van der Waals surface area contributed by atoms with E-state index in [1.807, 2.05) is 0 Å². The summed E-state index contributed by atoms with van der Waals surface area (Å²) < 4.78 is 5.39. The normalized spacial score (nSPS) is 10.1. The molecule has 0 saturated carbocycles. The maximum atomic E-state index is 9.38. The van der Waals surface area contributed by atoms with Crippen LogP contribution in [0, 0.1) is 0 Å². The molecule has 0 bridgehead atoms. The van der Waals surface area contributed by atoms with Crippen molar-refractivity contribution in [2.75, 3.05) is 5.73 Å². The number of nitrogens with two attached hydrogens (primary N) is 1. The standard InChI is InChI=1S/C11H9ClN2O2/c12-7-4-5-10(14-6-7)16-9-3-1-2-8(15)11(9)13/h1-6,15H,13H2. The fourth-order valence-corrected chi connectivity index (χ4v) is 1.27. The van der Waals surface area contributed by atoms with E-state index in [1.165, 1.54) is 12.3 Å². The predicted octanol–water partition coefficient (Wildman–Crippen LogP) is 2.82. The molecule has 1 aromatic carbocycles. The van der Waals surface area contributed by atoms with Gasteiger partial charge in [0.2, 0.25) is 5.88 Å². The molecule has 2 rings (SSSR count). The first-order valence-corrected chi connectivity index (χ1v) is 4.91. The van der Waals surface area contributed by atoms with E-state index >= 15 is 0 Å². The van der Waals surface area contributed by atoms with Crippen molar-refractivity contribution in [2.45, 2.75) is 0 Å². The number of rotatable bonds is 2. The van der Waals surface area contributed by atoms with Crippen LogP contribution >= 0.6 is 11.6 Å². The average molecular weight is 237 g/mol. The summed E-state index contributed by atoms with van der Waals surface area (Å²) in [5.41, 5.74) is 5.81. The molecule has 1 aromatic heterocycles. The summed E-state index contributed by atoms with van der Waals surface area (Å²) >= 11 is 5.69. The number of aromatic nitrogens is 1. The van der Waals surface area contributed by atoms with E-state index in [1.54, 1.807) is 24.3 Å². The Morgan fingerprint density at radius 1 is 1.25 bits per heavy atom. The molecule has 1 heterocycles. The number of benzene rings is 1. The van der Waals surface area contributed by atoms with Crippen molar-refractivity contribution in [3.8, 4) is 17.4 Å². The van der Waals surface area contributed by atoms with Crippen LogP contribution in [0.2, 0.25) is 5.02 Å². The largest absolute Gasteiger partial charge is 0.506 e. The van der Waals surface area contributed by atoms with Gasteiger partial charge in [0.1, 0.15) is 11.4 Å². The average Bonchev–Trinajstić information content (AvgIpc) is 2.28. The zero-order chi connectivity index (χ0) is 11.5. The third-order valence-electron chi connectivity index (χ3n) is 1.96. The molecule has 4 nitrogen and oxygen atoms in total. The minimum absolute atomic E-state index is 0.0218. The maximum Gasteiger partial charge on any atom is 0.219 e. The van der Waals surface area contributed by atoms with Crippen LogP contribution in [0.3, 0.4) is 0 Å². The quantitative estimate of drug-likeness (QED) is 0.622. The van der Waals surface area contributed by atoms with Crippen LogP contribution < -0.4 is 10.5 Å². The summed E-state index contributed by atoms with van der Waals surface area (Å²) in [5, 5.41) is 9.90. The van der Waals surface area contributed by atoms with Gasteiger partial charge >= 0.3 is 0 Å². The van der Waals surface area contributed by atoms with Gasteiger partial charge in [0.25, 0.3) is 0 Å². The number of aromatic hydroxyl groups is 1. The van der Waals surface area contributed by atoms with E-state index in [2.05, 4.69) is 4.98 Å². The van der Waals surface area contributed by atoms with Crippen LogP contribution in [0.4, 0.5) is 5.69 Å². The Labute approximate surface area is 97.3 Å². The Hall–Kier alpha value is -1.94.